The van der Waals surface area contributed by atoms with E-state index in [9.17, 15) is 18.0 Å². The van der Waals surface area contributed by atoms with Gasteiger partial charge in [0.15, 0.2) is 11.5 Å². The Bertz CT molecular complexity index is 798. The van der Waals surface area contributed by atoms with Crippen molar-refractivity contribution < 1.29 is 32.2 Å². The lowest BCUT2D eigenvalue weighted by Gasteiger charge is -2.09. The minimum absolute atomic E-state index is 0.00782. The Hall–Kier alpha value is -2.96. The Kier molecular flexibility index (Phi) is 6.27. The number of ether oxygens (including phenoxy) is 3. The molecule has 0 spiro atoms. The van der Waals surface area contributed by atoms with Crippen molar-refractivity contribution in [3.05, 3.63) is 65.2 Å². The molecule has 26 heavy (non-hydrogen) atoms. The van der Waals surface area contributed by atoms with Crippen molar-refractivity contribution in [3.63, 3.8) is 0 Å². The molecule has 0 heterocycles. The zero-order chi connectivity index (χ0) is 19.2. The van der Waals surface area contributed by atoms with Crippen molar-refractivity contribution in [2.24, 2.45) is 0 Å². The summed E-state index contributed by atoms with van der Waals surface area (Å²) in [6, 6.07) is 9.73. The molecule has 0 aliphatic rings. The van der Waals surface area contributed by atoms with Gasteiger partial charge in [-0.1, -0.05) is 18.2 Å². The fraction of sp³-hybridized carbons (Fsp3) is 0.211. The Labute approximate surface area is 148 Å². The van der Waals surface area contributed by atoms with Gasteiger partial charge in [0.25, 0.3) is 0 Å². The largest absolute Gasteiger partial charge is 0.493 e. The maximum atomic E-state index is 12.7. The van der Waals surface area contributed by atoms with Gasteiger partial charge in [0.2, 0.25) is 0 Å². The molecule has 138 valence electrons. The molecule has 0 atom stereocenters. The number of rotatable bonds is 6. The summed E-state index contributed by atoms with van der Waals surface area (Å²) in [4.78, 5) is 11.8. The van der Waals surface area contributed by atoms with Crippen molar-refractivity contribution in [1.82, 2.24) is 0 Å². The molecule has 4 nitrogen and oxygen atoms in total. The van der Waals surface area contributed by atoms with Crippen LogP contribution in [0, 0.1) is 0 Å². The first kappa shape index (κ1) is 19.4. The van der Waals surface area contributed by atoms with E-state index in [0.717, 1.165) is 18.2 Å². The first-order valence-electron chi connectivity index (χ1n) is 7.56. The Morgan fingerprint density at radius 1 is 1.04 bits per heavy atom. The fourth-order valence-electron chi connectivity index (χ4n) is 2.16. The molecule has 0 aliphatic heterocycles. The minimum Gasteiger partial charge on any atom is -0.493 e. The van der Waals surface area contributed by atoms with Crippen molar-refractivity contribution in [3.8, 4) is 11.5 Å². The van der Waals surface area contributed by atoms with Gasteiger partial charge in [-0.2, -0.15) is 13.2 Å². The van der Waals surface area contributed by atoms with Crippen molar-refractivity contribution in [2.45, 2.75) is 12.8 Å². The van der Waals surface area contributed by atoms with Gasteiger partial charge in [0.05, 0.1) is 19.8 Å². The van der Waals surface area contributed by atoms with Crippen molar-refractivity contribution >= 4 is 12.0 Å². The quantitative estimate of drug-likeness (QED) is 0.559. The van der Waals surface area contributed by atoms with Crippen LogP contribution in [0.5, 0.6) is 11.5 Å². The second-order valence-electron chi connectivity index (χ2n) is 5.25. The number of hydrogen-bond donors (Lipinski definition) is 0. The predicted octanol–water partition coefficient (Wildman–Crippen LogP) is 4.48. The van der Waals surface area contributed by atoms with Gasteiger partial charge in [-0.25, -0.2) is 4.79 Å². The summed E-state index contributed by atoms with van der Waals surface area (Å²) in [5.41, 5.74) is 0.157. The lowest BCUT2D eigenvalue weighted by atomic mass is 10.1. The van der Waals surface area contributed by atoms with E-state index < -0.39 is 17.7 Å². The van der Waals surface area contributed by atoms with Crippen LogP contribution in [0.15, 0.2) is 48.5 Å². The zero-order valence-electron chi connectivity index (χ0n) is 14.2. The molecule has 2 aromatic rings. The van der Waals surface area contributed by atoms with E-state index >= 15 is 0 Å². The maximum Gasteiger partial charge on any atom is 0.416 e. The molecule has 0 bridgehead atoms. The highest BCUT2D eigenvalue weighted by molar-refractivity contribution is 5.87. The van der Waals surface area contributed by atoms with E-state index in [-0.39, 0.29) is 12.2 Å². The Morgan fingerprint density at radius 3 is 2.42 bits per heavy atom. The van der Waals surface area contributed by atoms with Crippen LogP contribution in [-0.4, -0.2) is 20.2 Å². The van der Waals surface area contributed by atoms with Gasteiger partial charge < -0.3 is 14.2 Å². The van der Waals surface area contributed by atoms with Crippen LogP contribution in [0.4, 0.5) is 13.2 Å². The summed E-state index contributed by atoms with van der Waals surface area (Å²) in [6.45, 7) is -0.00782. The number of alkyl halides is 3. The number of methoxy groups -OCH3 is 2. The standard InChI is InChI=1S/C19H17F3O4/c1-24-16-8-6-14(11-17(16)25-2)12-26-18(23)9-7-13-4-3-5-15(10-13)19(20,21)22/h3-11H,12H2,1-2H3/b9-7+. The second-order valence-corrected chi connectivity index (χ2v) is 5.25. The molecule has 2 aromatic carbocycles. The molecule has 0 radical (unpaired) electrons. The van der Waals surface area contributed by atoms with Crippen LogP contribution in [0.3, 0.4) is 0 Å². The summed E-state index contributed by atoms with van der Waals surface area (Å²) in [5, 5.41) is 0. The van der Waals surface area contributed by atoms with Gasteiger partial charge in [-0.15, -0.1) is 0 Å². The van der Waals surface area contributed by atoms with Crippen molar-refractivity contribution in [2.75, 3.05) is 14.2 Å². The highest BCUT2D eigenvalue weighted by Crippen LogP contribution is 2.30. The maximum absolute atomic E-state index is 12.7. The van der Waals surface area contributed by atoms with Gasteiger partial charge in [-0.05, 0) is 41.5 Å². The summed E-state index contributed by atoms with van der Waals surface area (Å²) < 4.78 is 53.3. The molecule has 0 aliphatic carbocycles. The van der Waals surface area contributed by atoms with Crippen LogP contribution in [0.2, 0.25) is 0 Å². The predicted molar refractivity (Wildman–Crippen MR) is 89.8 cm³/mol. The molecule has 2 rings (SSSR count). The summed E-state index contributed by atoms with van der Waals surface area (Å²) >= 11 is 0. The number of carbonyl (C=O) groups excluding carboxylic acids is 1. The Morgan fingerprint density at radius 2 is 1.77 bits per heavy atom. The molecule has 0 unspecified atom stereocenters. The summed E-state index contributed by atoms with van der Waals surface area (Å²) in [6.07, 6.45) is -2.08. The Balaban J connectivity index is 1.98. The van der Waals surface area contributed by atoms with Crippen LogP contribution in [0.1, 0.15) is 16.7 Å². The number of carbonyl (C=O) groups is 1. The SMILES string of the molecule is COc1ccc(COC(=O)/C=C/c2cccc(C(F)(F)F)c2)cc1OC. The first-order valence-corrected chi connectivity index (χ1v) is 7.56. The van der Waals surface area contributed by atoms with E-state index in [2.05, 4.69) is 0 Å². The average molecular weight is 366 g/mol. The average Bonchev–Trinajstić information content (AvgIpc) is 2.64. The van der Waals surface area contributed by atoms with Gasteiger partial charge in [-0.3, -0.25) is 0 Å². The smallest absolute Gasteiger partial charge is 0.416 e. The third-order valence-corrected chi connectivity index (χ3v) is 3.45. The highest BCUT2D eigenvalue weighted by atomic mass is 19.4. The molecule has 0 saturated carbocycles. The molecule has 0 fully saturated rings. The topological polar surface area (TPSA) is 44.8 Å². The summed E-state index contributed by atoms with van der Waals surface area (Å²) in [5.74, 6) is 0.379. The van der Waals surface area contributed by atoms with Gasteiger partial charge in [0, 0.05) is 6.08 Å². The number of benzene rings is 2. The zero-order valence-corrected chi connectivity index (χ0v) is 14.2. The lowest BCUT2D eigenvalue weighted by molar-refractivity contribution is -0.139. The van der Waals surface area contributed by atoms with E-state index in [4.69, 9.17) is 14.2 Å². The number of halogens is 3. The minimum atomic E-state index is -4.43. The fourth-order valence-corrected chi connectivity index (χ4v) is 2.16. The van der Waals surface area contributed by atoms with Crippen LogP contribution in [-0.2, 0) is 22.3 Å². The normalized spacial score (nSPS) is 11.4. The van der Waals surface area contributed by atoms with Crippen molar-refractivity contribution in [1.29, 1.82) is 0 Å². The van der Waals surface area contributed by atoms with E-state index in [1.54, 1.807) is 18.2 Å². The van der Waals surface area contributed by atoms with Crippen LogP contribution < -0.4 is 9.47 Å². The lowest BCUT2D eigenvalue weighted by Crippen LogP contribution is -2.04. The molecular weight excluding hydrogens is 349 g/mol. The van der Waals surface area contributed by atoms with Gasteiger partial charge in [0.1, 0.15) is 6.61 Å². The highest BCUT2D eigenvalue weighted by Gasteiger charge is 2.30. The van der Waals surface area contributed by atoms with Gasteiger partial charge >= 0.3 is 12.1 Å². The molecule has 0 saturated heterocycles. The van der Waals surface area contributed by atoms with Crippen LogP contribution >= 0.6 is 0 Å². The number of hydrogen-bond acceptors (Lipinski definition) is 4. The third-order valence-electron chi connectivity index (χ3n) is 3.45. The monoisotopic (exact) mass is 366 g/mol. The number of esters is 1. The first-order chi connectivity index (χ1) is 12.3. The molecule has 0 N–H and O–H groups in total. The molecule has 7 heteroatoms. The van der Waals surface area contributed by atoms with Crippen LogP contribution in [0.25, 0.3) is 6.08 Å². The molecule has 0 amide bonds. The molecular formula is C19H17F3O4. The second kappa shape index (κ2) is 8.42. The summed E-state index contributed by atoms with van der Waals surface area (Å²) in [7, 11) is 3.00. The van der Waals surface area contributed by atoms with E-state index in [1.807, 2.05) is 0 Å². The van der Waals surface area contributed by atoms with E-state index in [1.165, 1.54) is 32.4 Å². The third kappa shape index (κ3) is 5.27. The molecule has 0 aromatic heterocycles. The van der Waals surface area contributed by atoms with E-state index in [0.29, 0.717) is 17.1 Å².